The third-order valence-corrected chi connectivity index (χ3v) is 22.3. The summed E-state index contributed by atoms with van der Waals surface area (Å²) in [6.45, 7) is 21.2. The number of hydrogen-bond donors (Lipinski definition) is 4. The number of nitrogens with one attached hydrogen (secondary N) is 3. The fourth-order valence-electron chi connectivity index (χ4n) is 16.2. The van der Waals surface area contributed by atoms with Crippen LogP contribution in [0.2, 0.25) is 0 Å². The van der Waals surface area contributed by atoms with Crippen molar-refractivity contribution in [2.75, 3.05) is 65.8 Å². The van der Waals surface area contributed by atoms with Gasteiger partial charge in [-0.2, -0.15) is 0 Å². The molecule has 5 N–H and O–H groups in total. The summed E-state index contributed by atoms with van der Waals surface area (Å²) in [7, 11) is 0. The molecular formula is C81H106N4O9. The van der Waals surface area contributed by atoms with Gasteiger partial charge in [-0.25, -0.2) is 14.4 Å². The lowest BCUT2D eigenvalue weighted by atomic mass is 9.61. The van der Waals surface area contributed by atoms with E-state index in [1.54, 1.807) is 0 Å². The number of fused-ring (bicyclic) bond motifs is 9. The monoisotopic (exact) mass is 1280 g/mol. The van der Waals surface area contributed by atoms with Crippen molar-refractivity contribution in [1.29, 1.82) is 0 Å². The molecule has 0 saturated heterocycles. The van der Waals surface area contributed by atoms with Gasteiger partial charge in [0.1, 0.15) is 19.8 Å². The number of carbonyl (C=O) groups excluding carboxylic acids is 3. The summed E-state index contributed by atoms with van der Waals surface area (Å²) in [5.74, 6) is 1.74. The van der Waals surface area contributed by atoms with Crippen LogP contribution >= 0.6 is 0 Å². The molecule has 0 unspecified atom stereocenters. The van der Waals surface area contributed by atoms with Crippen molar-refractivity contribution in [3.8, 4) is 33.4 Å². The molecule has 0 spiro atoms. The van der Waals surface area contributed by atoms with Gasteiger partial charge in [0.15, 0.2) is 0 Å². The lowest BCUT2D eigenvalue weighted by Crippen LogP contribution is -2.46. The Labute approximate surface area is 560 Å². The molecule has 504 valence electrons. The van der Waals surface area contributed by atoms with Gasteiger partial charge in [0.05, 0.1) is 18.3 Å². The second kappa shape index (κ2) is 33.6. The van der Waals surface area contributed by atoms with E-state index in [1.807, 2.05) is 24.3 Å². The van der Waals surface area contributed by atoms with Crippen molar-refractivity contribution in [3.63, 3.8) is 0 Å². The van der Waals surface area contributed by atoms with Crippen LogP contribution in [-0.4, -0.2) is 102 Å². The number of carbonyl (C=O) groups is 3. The molecule has 4 aliphatic rings. The lowest BCUT2D eigenvalue weighted by molar-refractivity contribution is -0.100. The molecule has 9 atom stereocenters. The molecule has 0 aromatic heterocycles. The van der Waals surface area contributed by atoms with Crippen molar-refractivity contribution in [1.82, 2.24) is 16.0 Å². The van der Waals surface area contributed by atoms with Gasteiger partial charge in [0.25, 0.3) is 0 Å². The van der Waals surface area contributed by atoms with Crippen LogP contribution in [0.15, 0.2) is 146 Å². The van der Waals surface area contributed by atoms with E-state index in [0.29, 0.717) is 83.0 Å². The topological polar surface area (TPSA) is 169 Å². The standard InChI is InChI=1S/C81H106N4O9/c1-8-59(90-49-23-46-84-78(87)93-53-73-68-34-17-11-28-62(68)63-29-12-18-35-69(63)73)41-43-80(6,42-40-58(5)89-48-22-45-83-77(86)92-52-72-66-32-15-9-26-60(66)61-27-10-16-33-67(61)72)57(4)51-76(81(7)56(3)38-39-75(81)55(2)25-21-44-82)91-50-24-47-85-79(88)94-54-74-70-36-19-13-30-64(70)65-31-14-20-37-71(65)74/h9-20,26-37,55-59,72-76H,8,21-25,38-54,82H2,1-7H3,(H,83,86)(H,84,87)(H,85,88)/t55-,56-,57-,58+,59+,75-,76+,80-,81+/m1/s1. The number of amides is 3. The Morgan fingerprint density at radius 2 is 0.894 bits per heavy atom. The van der Waals surface area contributed by atoms with Crippen molar-refractivity contribution < 1.29 is 42.8 Å². The van der Waals surface area contributed by atoms with Gasteiger partial charge in [-0.1, -0.05) is 187 Å². The van der Waals surface area contributed by atoms with Gasteiger partial charge < -0.3 is 50.1 Å². The first-order valence-electron chi connectivity index (χ1n) is 35.5. The van der Waals surface area contributed by atoms with E-state index < -0.39 is 18.3 Å². The quantitative estimate of drug-likeness (QED) is 0.0219. The largest absolute Gasteiger partial charge is 0.449 e. The Balaban J connectivity index is 0.742. The molecule has 0 bridgehead atoms. The van der Waals surface area contributed by atoms with E-state index in [4.69, 9.17) is 34.2 Å². The highest BCUT2D eigenvalue weighted by Gasteiger charge is 2.52. The second-order valence-corrected chi connectivity index (χ2v) is 28.0. The maximum atomic E-state index is 13.3. The second-order valence-electron chi connectivity index (χ2n) is 28.0. The fraction of sp³-hybridized carbons (Fsp3) is 0.519. The molecule has 10 rings (SSSR count). The molecule has 13 nitrogen and oxygen atoms in total. The van der Waals surface area contributed by atoms with Gasteiger partial charge in [0, 0.05) is 57.2 Å². The van der Waals surface area contributed by atoms with Crippen LogP contribution in [0.25, 0.3) is 33.4 Å². The zero-order valence-electron chi connectivity index (χ0n) is 57.1. The van der Waals surface area contributed by atoms with E-state index >= 15 is 0 Å². The molecule has 1 fully saturated rings. The summed E-state index contributed by atoms with van der Waals surface area (Å²) in [6, 6.07) is 50.3. The highest BCUT2D eigenvalue weighted by molar-refractivity contribution is 5.81. The minimum Gasteiger partial charge on any atom is -0.449 e. The Kier molecular flexibility index (Phi) is 24.9. The minimum atomic E-state index is -0.413. The molecule has 6 aromatic carbocycles. The van der Waals surface area contributed by atoms with Gasteiger partial charge in [-0.3, -0.25) is 0 Å². The molecular weight excluding hydrogens is 1170 g/mol. The molecule has 6 aromatic rings. The summed E-state index contributed by atoms with van der Waals surface area (Å²) in [6.07, 6.45) is 10.7. The number of alkyl carbamates (subject to hydrolysis) is 3. The summed E-state index contributed by atoms with van der Waals surface area (Å²) < 4.78 is 38.1. The Bertz CT molecular complexity index is 3290. The third-order valence-electron chi connectivity index (χ3n) is 22.3. The molecule has 0 heterocycles. The number of ether oxygens (including phenoxy) is 6. The highest BCUT2D eigenvalue weighted by atomic mass is 16.6. The van der Waals surface area contributed by atoms with Gasteiger partial charge in [-0.05, 0) is 198 Å². The molecule has 3 amide bonds. The smallest absolute Gasteiger partial charge is 0.407 e. The van der Waals surface area contributed by atoms with Crippen LogP contribution in [0.3, 0.4) is 0 Å². The van der Waals surface area contributed by atoms with Crippen LogP contribution in [0, 0.1) is 34.5 Å². The molecule has 0 radical (unpaired) electrons. The third kappa shape index (κ3) is 16.8. The zero-order valence-corrected chi connectivity index (χ0v) is 57.1. The summed E-state index contributed by atoms with van der Waals surface area (Å²) in [5.41, 5.74) is 20.3. The average molecular weight is 1280 g/mol. The van der Waals surface area contributed by atoms with Crippen molar-refractivity contribution in [2.45, 2.75) is 168 Å². The van der Waals surface area contributed by atoms with Gasteiger partial charge in [-0.15, -0.1) is 0 Å². The predicted octanol–water partition coefficient (Wildman–Crippen LogP) is 17.4. The first-order chi connectivity index (χ1) is 45.7. The van der Waals surface area contributed by atoms with E-state index in [0.717, 1.165) is 57.8 Å². The van der Waals surface area contributed by atoms with Gasteiger partial charge in [0.2, 0.25) is 0 Å². The van der Waals surface area contributed by atoms with Crippen molar-refractivity contribution >= 4 is 18.3 Å². The van der Waals surface area contributed by atoms with E-state index in [9.17, 15) is 14.4 Å². The molecule has 0 aliphatic heterocycles. The van der Waals surface area contributed by atoms with Gasteiger partial charge >= 0.3 is 18.3 Å². The van der Waals surface area contributed by atoms with Crippen molar-refractivity contribution in [3.05, 3.63) is 179 Å². The van der Waals surface area contributed by atoms with Crippen LogP contribution < -0.4 is 21.7 Å². The van der Waals surface area contributed by atoms with E-state index in [-0.39, 0.29) is 72.6 Å². The summed E-state index contributed by atoms with van der Waals surface area (Å²) >= 11 is 0. The zero-order chi connectivity index (χ0) is 66.0. The number of rotatable bonds is 36. The first-order valence-corrected chi connectivity index (χ1v) is 35.5. The molecule has 1 saturated carbocycles. The molecule has 94 heavy (non-hydrogen) atoms. The fourth-order valence-corrected chi connectivity index (χ4v) is 16.2. The summed E-state index contributed by atoms with van der Waals surface area (Å²) in [5, 5.41) is 9.02. The minimum absolute atomic E-state index is 0.000606. The van der Waals surface area contributed by atoms with Crippen LogP contribution in [-0.2, 0) is 28.4 Å². The normalized spacial score (nSPS) is 19.3. The van der Waals surface area contributed by atoms with Crippen molar-refractivity contribution in [2.24, 2.45) is 40.2 Å². The number of benzene rings is 6. The lowest BCUT2D eigenvalue weighted by Gasteiger charge is -2.48. The van der Waals surface area contributed by atoms with Crippen LogP contribution in [0.5, 0.6) is 0 Å². The average Bonchev–Trinajstić information content (AvgIpc) is 1.59. The SMILES string of the molecule is CC[C@@H](CC[C@@](C)(CC[C@H](C)OCCCNC(=O)OCC1c2ccccc2-c2ccccc21)[C@H](C)C[C@H](OCCCNC(=O)OCC1c2ccccc2-c2ccccc21)[C@@]1(C)[C@H](C)CC[C@@H]1[C@H](C)CCCN)OCCCNC(=O)OCC1c2ccccc2-c2ccccc21. The van der Waals surface area contributed by atoms with Crippen LogP contribution in [0.1, 0.15) is 183 Å². The highest BCUT2D eigenvalue weighted by Crippen LogP contribution is 2.57. The Morgan fingerprint density at radius 1 is 0.521 bits per heavy atom. The summed E-state index contributed by atoms with van der Waals surface area (Å²) in [4.78, 5) is 39.5. The van der Waals surface area contributed by atoms with E-state index in [2.05, 4.69) is 186 Å². The number of nitrogens with two attached hydrogens (primary N) is 1. The molecule has 4 aliphatic carbocycles. The van der Waals surface area contributed by atoms with Crippen LogP contribution in [0.4, 0.5) is 14.4 Å². The molecule has 13 heteroatoms. The number of hydrogen-bond acceptors (Lipinski definition) is 10. The predicted molar refractivity (Wildman–Crippen MR) is 376 cm³/mol. The Hall–Kier alpha value is -7.03. The van der Waals surface area contributed by atoms with E-state index in [1.165, 1.54) is 73.2 Å². The first kappa shape index (κ1) is 69.8. The maximum Gasteiger partial charge on any atom is 0.407 e. The Morgan fingerprint density at radius 3 is 1.29 bits per heavy atom. The maximum absolute atomic E-state index is 13.3.